The molecule has 0 radical (unpaired) electrons. The van der Waals surface area contributed by atoms with Crippen molar-refractivity contribution in [2.45, 2.75) is 0 Å². The van der Waals surface area contributed by atoms with Crippen LogP contribution in [0.5, 0.6) is 0 Å². The summed E-state index contributed by atoms with van der Waals surface area (Å²) in [5, 5.41) is 10.6. The predicted octanol–water partition coefficient (Wildman–Crippen LogP) is 13.1. The van der Waals surface area contributed by atoms with Gasteiger partial charge in [0.1, 0.15) is 16.7 Å². The molecule has 0 fully saturated rings. The number of aromatic nitrogens is 1. The molecular formula is C46H27NO2. The maximum absolute atomic E-state index is 6.48. The van der Waals surface area contributed by atoms with E-state index in [0.29, 0.717) is 0 Å². The number of para-hydroxylation sites is 2. The summed E-state index contributed by atoms with van der Waals surface area (Å²) in [5.74, 6) is 0. The van der Waals surface area contributed by atoms with Crippen LogP contribution in [-0.4, -0.2) is 4.57 Å². The molecule has 0 amide bonds. The zero-order valence-electron chi connectivity index (χ0n) is 26.4. The molecule has 0 N–H and O–H groups in total. The molecule has 0 aliphatic heterocycles. The Morgan fingerprint density at radius 2 is 1.08 bits per heavy atom. The van der Waals surface area contributed by atoms with Crippen LogP contribution >= 0.6 is 0 Å². The van der Waals surface area contributed by atoms with Crippen molar-refractivity contribution in [3.63, 3.8) is 0 Å². The van der Waals surface area contributed by atoms with Gasteiger partial charge in [0.2, 0.25) is 0 Å². The largest absolute Gasteiger partial charge is 0.464 e. The standard InChI is InChI=1S/C46H27NO2/c1-2-11-30(12-3-1)47-39-19-9-8-13-31(39)32-22-21-29(25-40(32)47)44-33-14-4-6-16-35(33)45(36-17-7-5-15-34(36)44)37-18-10-20-41-46(37)38-27-42-28(23-24-48-42)26-43(38)49-41/h1-27H. The minimum atomic E-state index is 0.860. The molecule has 49 heavy (non-hydrogen) atoms. The lowest BCUT2D eigenvalue weighted by molar-refractivity contribution is 0.616. The molecule has 3 nitrogen and oxygen atoms in total. The maximum atomic E-state index is 6.48. The van der Waals surface area contributed by atoms with E-state index in [-0.39, 0.29) is 0 Å². The van der Waals surface area contributed by atoms with Crippen LogP contribution in [0.4, 0.5) is 0 Å². The molecule has 3 heterocycles. The van der Waals surface area contributed by atoms with Crippen molar-refractivity contribution in [3.05, 3.63) is 164 Å². The molecular weight excluding hydrogens is 599 g/mol. The summed E-state index contributed by atoms with van der Waals surface area (Å²) in [5.41, 5.74) is 10.9. The molecule has 11 aromatic rings. The SMILES string of the molecule is c1ccc(-n2c3ccccc3c3ccc(-c4c5ccccc5c(-c5cccc6oc7cc8ccoc8cc7c56)c5ccccc45)cc32)cc1. The predicted molar refractivity (Wildman–Crippen MR) is 204 cm³/mol. The van der Waals surface area contributed by atoms with Crippen LogP contribution < -0.4 is 0 Å². The van der Waals surface area contributed by atoms with Gasteiger partial charge in [-0.3, -0.25) is 0 Å². The molecule has 0 unspecified atom stereocenters. The van der Waals surface area contributed by atoms with E-state index in [9.17, 15) is 0 Å². The summed E-state index contributed by atoms with van der Waals surface area (Å²) in [7, 11) is 0. The molecule has 0 saturated carbocycles. The highest BCUT2D eigenvalue weighted by Gasteiger charge is 2.21. The van der Waals surface area contributed by atoms with Crippen molar-refractivity contribution in [3.8, 4) is 27.9 Å². The highest BCUT2D eigenvalue weighted by atomic mass is 16.3. The number of fused-ring (bicyclic) bond motifs is 9. The van der Waals surface area contributed by atoms with Crippen molar-refractivity contribution in [2.75, 3.05) is 0 Å². The van der Waals surface area contributed by atoms with Gasteiger partial charge < -0.3 is 13.4 Å². The van der Waals surface area contributed by atoms with Gasteiger partial charge in [-0.15, -0.1) is 0 Å². The van der Waals surface area contributed by atoms with Crippen LogP contribution in [0.15, 0.2) is 173 Å². The minimum Gasteiger partial charge on any atom is -0.464 e. The summed E-state index contributed by atoms with van der Waals surface area (Å²) in [4.78, 5) is 0. The van der Waals surface area contributed by atoms with Gasteiger partial charge >= 0.3 is 0 Å². The molecule has 8 aromatic carbocycles. The minimum absolute atomic E-state index is 0.860. The van der Waals surface area contributed by atoms with E-state index >= 15 is 0 Å². The quantitative estimate of drug-likeness (QED) is 0.183. The Kier molecular flexibility index (Phi) is 5.38. The zero-order valence-corrected chi connectivity index (χ0v) is 26.4. The van der Waals surface area contributed by atoms with E-state index in [4.69, 9.17) is 8.83 Å². The lowest BCUT2D eigenvalue weighted by Crippen LogP contribution is -1.94. The monoisotopic (exact) mass is 625 g/mol. The smallest absolute Gasteiger partial charge is 0.136 e. The molecule has 11 rings (SSSR count). The van der Waals surface area contributed by atoms with Gasteiger partial charge in [0.05, 0.1) is 17.3 Å². The van der Waals surface area contributed by atoms with Gasteiger partial charge in [-0.25, -0.2) is 0 Å². The van der Waals surface area contributed by atoms with Crippen molar-refractivity contribution in [1.29, 1.82) is 0 Å². The Bertz CT molecular complexity index is 3050. The van der Waals surface area contributed by atoms with E-state index in [2.05, 4.69) is 156 Å². The number of nitrogens with zero attached hydrogens (tertiary/aromatic N) is 1. The van der Waals surface area contributed by atoms with Crippen molar-refractivity contribution in [1.82, 2.24) is 4.57 Å². The van der Waals surface area contributed by atoms with Crippen LogP contribution in [0, 0.1) is 0 Å². The highest BCUT2D eigenvalue weighted by molar-refractivity contribution is 6.26. The number of furan rings is 2. The van der Waals surface area contributed by atoms with Crippen LogP contribution in [0.1, 0.15) is 0 Å². The van der Waals surface area contributed by atoms with E-state index in [0.717, 1.165) is 44.2 Å². The fourth-order valence-corrected chi connectivity index (χ4v) is 8.20. The Labute approximate surface area is 280 Å². The third kappa shape index (κ3) is 3.73. The van der Waals surface area contributed by atoms with Gasteiger partial charge in [0, 0.05) is 32.6 Å². The van der Waals surface area contributed by atoms with Crippen LogP contribution in [-0.2, 0) is 0 Å². The topological polar surface area (TPSA) is 31.2 Å². The molecule has 0 aliphatic carbocycles. The second-order valence-electron chi connectivity index (χ2n) is 12.8. The van der Waals surface area contributed by atoms with Gasteiger partial charge in [0.25, 0.3) is 0 Å². The molecule has 0 aliphatic rings. The van der Waals surface area contributed by atoms with Crippen molar-refractivity contribution >= 4 is 76.3 Å². The molecule has 228 valence electrons. The van der Waals surface area contributed by atoms with Gasteiger partial charge in [-0.2, -0.15) is 0 Å². The Morgan fingerprint density at radius 1 is 0.408 bits per heavy atom. The third-order valence-corrected chi connectivity index (χ3v) is 10.2. The number of benzene rings is 8. The second kappa shape index (κ2) is 9.96. The first kappa shape index (κ1) is 26.5. The van der Waals surface area contributed by atoms with E-state index in [1.165, 1.54) is 60.0 Å². The summed E-state index contributed by atoms with van der Waals surface area (Å²) in [6, 6.07) is 56.7. The third-order valence-electron chi connectivity index (χ3n) is 10.2. The number of hydrogen-bond acceptors (Lipinski definition) is 2. The lowest BCUT2D eigenvalue weighted by Gasteiger charge is -2.18. The Hall–Kier alpha value is -6.58. The number of hydrogen-bond donors (Lipinski definition) is 0. The molecule has 3 aromatic heterocycles. The van der Waals surface area contributed by atoms with Crippen LogP contribution in [0.2, 0.25) is 0 Å². The molecule has 0 atom stereocenters. The van der Waals surface area contributed by atoms with Crippen LogP contribution in [0.3, 0.4) is 0 Å². The first-order valence-corrected chi connectivity index (χ1v) is 16.7. The first-order chi connectivity index (χ1) is 24.3. The average Bonchev–Trinajstić information content (AvgIpc) is 3.86. The number of rotatable bonds is 3. The van der Waals surface area contributed by atoms with Gasteiger partial charge in [0.15, 0.2) is 0 Å². The van der Waals surface area contributed by atoms with Crippen LogP contribution in [0.25, 0.3) is 104 Å². The highest BCUT2D eigenvalue weighted by Crippen LogP contribution is 2.48. The fourth-order valence-electron chi connectivity index (χ4n) is 8.20. The molecule has 0 bridgehead atoms. The first-order valence-electron chi connectivity index (χ1n) is 16.7. The lowest BCUT2D eigenvalue weighted by atomic mass is 9.85. The van der Waals surface area contributed by atoms with E-state index in [1.807, 2.05) is 6.07 Å². The summed E-state index contributed by atoms with van der Waals surface area (Å²) in [6.07, 6.45) is 1.74. The molecule has 0 spiro atoms. The van der Waals surface area contributed by atoms with Crippen molar-refractivity contribution in [2.24, 2.45) is 0 Å². The van der Waals surface area contributed by atoms with E-state index < -0.39 is 0 Å². The summed E-state index contributed by atoms with van der Waals surface area (Å²) in [6.45, 7) is 0. The fraction of sp³-hybridized carbons (Fsp3) is 0. The second-order valence-corrected chi connectivity index (χ2v) is 12.8. The van der Waals surface area contributed by atoms with Gasteiger partial charge in [-0.05, 0) is 92.3 Å². The summed E-state index contributed by atoms with van der Waals surface area (Å²) >= 11 is 0. The van der Waals surface area contributed by atoms with Gasteiger partial charge in [-0.1, -0.05) is 109 Å². The zero-order chi connectivity index (χ0) is 32.1. The Balaban J connectivity index is 1.25. The molecule has 3 heteroatoms. The summed E-state index contributed by atoms with van der Waals surface area (Å²) < 4.78 is 14.7. The average molecular weight is 626 g/mol. The Morgan fingerprint density at radius 3 is 1.86 bits per heavy atom. The maximum Gasteiger partial charge on any atom is 0.136 e. The van der Waals surface area contributed by atoms with E-state index in [1.54, 1.807) is 6.26 Å². The van der Waals surface area contributed by atoms with Crippen molar-refractivity contribution < 1.29 is 8.83 Å². The molecule has 0 saturated heterocycles. The normalized spacial score (nSPS) is 12.1.